The first-order valence-electron chi connectivity index (χ1n) is 9.10. The second-order valence-electron chi connectivity index (χ2n) is 7.20. The standard InChI is InChI=1S/C19H23ClN4O/c20-16-5-3-15(4-6-16)19(9-1-2-10-19)18(25)23-12-7-17(8-13-23)24-14-11-21-22-24/h3-6,11,14,17H,1-2,7-10,12-13H2. The Morgan fingerprint density at radius 1 is 1.12 bits per heavy atom. The Morgan fingerprint density at radius 2 is 1.80 bits per heavy atom. The number of amides is 1. The van der Waals surface area contributed by atoms with Crippen molar-refractivity contribution in [3.63, 3.8) is 0 Å². The zero-order valence-electron chi connectivity index (χ0n) is 14.3. The van der Waals surface area contributed by atoms with E-state index < -0.39 is 0 Å². The largest absolute Gasteiger partial charge is 0.342 e. The van der Waals surface area contributed by atoms with E-state index in [2.05, 4.69) is 15.2 Å². The molecule has 0 spiro atoms. The van der Waals surface area contributed by atoms with Crippen molar-refractivity contribution in [2.24, 2.45) is 0 Å². The highest BCUT2D eigenvalue weighted by Gasteiger charge is 2.45. The molecule has 6 heteroatoms. The summed E-state index contributed by atoms with van der Waals surface area (Å²) in [5, 5.41) is 8.72. The first-order valence-corrected chi connectivity index (χ1v) is 9.48. The second-order valence-corrected chi connectivity index (χ2v) is 7.64. The van der Waals surface area contributed by atoms with Crippen LogP contribution in [0.3, 0.4) is 0 Å². The van der Waals surface area contributed by atoms with Gasteiger partial charge in [0.05, 0.1) is 17.7 Å². The van der Waals surface area contributed by atoms with E-state index >= 15 is 0 Å². The maximum absolute atomic E-state index is 13.5. The van der Waals surface area contributed by atoms with Crippen molar-refractivity contribution in [1.29, 1.82) is 0 Å². The van der Waals surface area contributed by atoms with Gasteiger partial charge in [0.2, 0.25) is 5.91 Å². The van der Waals surface area contributed by atoms with Gasteiger partial charge >= 0.3 is 0 Å². The number of halogens is 1. The number of likely N-dealkylation sites (tertiary alicyclic amines) is 1. The molecule has 0 radical (unpaired) electrons. The summed E-state index contributed by atoms with van der Waals surface area (Å²) in [6.45, 7) is 1.58. The van der Waals surface area contributed by atoms with Crippen LogP contribution < -0.4 is 0 Å². The van der Waals surface area contributed by atoms with Crippen molar-refractivity contribution in [3.8, 4) is 0 Å². The van der Waals surface area contributed by atoms with Gasteiger partial charge in [0.25, 0.3) is 0 Å². The van der Waals surface area contributed by atoms with Crippen molar-refractivity contribution in [2.75, 3.05) is 13.1 Å². The van der Waals surface area contributed by atoms with E-state index in [9.17, 15) is 4.79 Å². The summed E-state index contributed by atoms with van der Waals surface area (Å²) in [4.78, 5) is 15.5. The van der Waals surface area contributed by atoms with Crippen LogP contribution in [0.4, 0.5) is 0 Å². The van der Waals surface area contributed by atoms with Gasteiger partial charge in [0, 0.05) is 24.3 Å². The molecule has 1 saturated carbocycles. The summed E-state index contributed by atoms with van der Waals surface area (Å²) in [6, 6.07) is 8.23. The molecular formula is C19H23ClN4O. The third kappa shape index (κ3) is 3.06. The molecule has 2 aromatic rings. The molecule has 4 rings (SSSR count). The molecule has 1 amide bonds. The summed E-state index contributed by atoms with van der Waals surface area (Å²) in [7, 11) is 0. The summed E-state index contributed by atoms with van der Waals surface area (Å²) in [6.07, 6.45) is 9.61. The Bertz CT molecular complexity index is 714. The molecular weight excluding hydrogens is 336 g/mol. The van der Waals surface area contributed by atoms with Gasteiger partial charge in [0.15, 0.2) is 0 Å². The molecule has 2 fully saturated rings. The Morgan fingerprint density at radius 3 is 2.40 bits per heavy atom. The fourth-order valence-corrected chi connectivity index (χ4v) is 4.55. The van der Waals surface area contributed by atoms with Crippen molar-refractivity contribution < 1.29 is 4.79 Å². The molecule has 1 saturated heterocycles. The van der Waals surface area contributed by atoms with Gasteiger partial charge in [0.1, 0.15) is 0 Å². The van der Waals surface area contributed by atoms with E-state index in [-0.39, 0.29) is 5.41 Å². The number of aromatic nitrogens is 3. The topological polar surface area (TPSA) is 51.0 Å². The van der Waals surface area contributed by atoms with Crippen molar-refractivity contribution in [1.82, 2.24) is 19.9 Å². The minimum absolute atomic E-state index is 0.296. The molecule has 0 N–H and O–H groups in total. The van der Waals surface area contributed by atoms with Crippen LogP contribution in [0.1, 0.15) is 50.1 Å². The highest BCUT2D eigenvalue weighted by Crippen LogP contribution is 2.43. The lowest BCUT2D eigenvalue weighted by molar-refractivity contribution is -0.138. The molecule has 132 valence electrons. The minimum Gasteiger partial charge on any atom is -0.342 e. The van der Waals surface area contributed by atoms with E-state index in [0.29, 0.717) is 11.9 Å². The second kappa shape index (κ2) is 6.79. The van der Waals surface area contributed by atoms with E-state index in [1.54, 1.807) is 6.20 Å². The van der Waals surface area contributed by atoms with Crippen LogP contribution in [0, 0.1) is 0 Å². The number of rotatable bonds is 3. The van der Waals surface area contributed by atoms with Gasteiger partial charge in [-0.25, -0.2) is 4.68 Å². The molecule has 1 aromatic carbocycles. The number of nitrogens with zero attached hydrogens (tertiary/aromatic N) is 4. The highest BCUT2D eigenvalue weighted by atomic mass is 35.5. The molecule has 2 heterocycles. The smallest absolute Gasteiger partial charge is 0.233 e. The van der Waals surface area contributed by atoms with Crippen LogP contribution in [-0.2, 0) is 10.2 Å². The third-order valence-corrected chi connectivity index (χ3v) is 6.08. The molecule has 25 heavy (non-hydrogen) atoms. The number of carbonyl (C=O) groups excluding carboxylic acids is 1. The molecule has 1 aromatic heterocycles. The SMILES string of the molecule is O=C(N1CCC(n2ccnn2)CC1)C1(c2ccc(Cl)cc2)CCCC1. The van der Waals surface area contributed by atoms with Gasteiger partial charge in [-0.15, -0.1) is 5.10 Å². The molecule has 5 nitrogen and oxygen atoms in total. The van der Waals surface area contributed by atoms with Gasteiger partial charge < -0.3 is 4.90 Å². The Kier molecular flexibility index (Phi) is 4.50. The average Bonchev–Trinajstić information content (AvgIpc) is 3.34. The molecule has 1 aliphatic heterocycles. The summed E-state index contributed by atoms with van der Waals surface area (Å²) in [5.74, 6) is 0.296. The fourth-order valence-electron chi connectivity index (χ4n) is 4.42. The van der Waals surface area contributed by atoms with Crippen LogP contribution in [0.2, 0.25) is 5.02 Å². The average molecular weight is 359 g/mol. The zero-order valence-corrected chi connectivity index (χ0v) is 15.0. The first-order chi connectivity index (χ1) is 12.2. The zero-order chi connectivity index (χ0) is 17.3. The van der Waals surface area contributed by atoms with Crippen LogP contribution in [0.15, 0.2) is 36.7 Å². The maximum Gasteiger partial charge on any atom is 0.233 e. The highest BCUT2D eigenvalue weighted by molar-refractivity contribution is 6.30. The first kappa shape index (κ1) is 16.6. The van der Waals surface area contributed by atoms with Crippen molar-refractivity contribution in [3.05, 3.63) is 47.2 Å². The summed E-state index contributed by atoms with van der Waals surface area (Å²) < 4.78 is 1.92. The maximum atomic E-state index is 13.5. The predicted molar refractivity (Wildman–Crippen MR) is 96.5 cm³/mol. The van der Waals surface area contributed by atoms with Gasteiger partial charge in [-0.2, -0.15) is 0 Å². The summed E-state index contributed by atoms with van der Waals surface area (Å²) in [5.41, 5.74) is 0.766. The van der Waals surface area contributed by atoms with Crippen LogP contribution in [-0.4, -0.2) is 38.9 Å². The van der Waals surface area contributed by atoms with Crippen LogP contribution in [0.25, 0.3) is 0 Å². The van der Waals surface area contributed by atoms with Crippen molar-refractivity contribution in [2.45, 2.75) is 50.0 Å². The molecule has 0 bridgehead atoms. The van der Waals surface area contributed by atoms with Crippen molar-refractivity contribution >= 4 is 17.5 Å². The predicted octanol–water partition coefficient (Wildman–Crippen LogP) is 3.61. The quantitative estimate of drug-likeness (QED) is 0.842. The number of benzene rings is 1. The Hall–Kier alpha value is -1.88. The molecule has 0 atom stereocenters. The summed E-state index contributed by atoms with van der Waals surface area (Å²) >= 11 is 6.05. The van der Waals surface area contributed by atoms with E-state index in [4.69, 9.17) is 11.6 Å². The van der Waals surface area contributed by atoms with Gasteiger partial charge in [-0.1, -0.05) is 41.8 Å². The van der Waals surface area contributed by atoms with Crippen LogP contribution >= 0.6 is 11.6 Å². The lowest BCUT2D eigenvalue weighted by atomic mass is 9.77. The minimum atomic E-state index is -0.356. The molecule has 0 unspecified atom stereocenters. The van der Waals surface area contributed by atoms with E-state index in [1.807, 2.05) is 35.1 Å². The lowest BCUT2D eigenvalue weighted by Gasteiger charge is -2.38. The number of piperidine rings is 1. The van der Waals surface area contributed by atoms with Gasteiger partial charge in [-0.05, 0) is 43.4 Å². The Balaban J connectivity index is 1.51. The normalized spacial score (nSPS) is 20.8. The van der Waals surface area contributed by atoms with Gasteiger partial charge in [-0.3, -0.25) is 4.79 Å². The number of hydrogen-bond acceptors (Lipinski definition) is 3. The van der Waals surface area contributed by atoms with E-state index in [0.717, 1.165) is 62.2 Å². The third-order valence-electron chi connectivity index (χ3n) is 5.83. The number of carbonyl (C=O) groups is 1. The van der Waals surface area contributed by atoms with E-state index in [1.165, 1.54) is 0 Å². The monoisotopic (exact) mass is 358 g/mol. The van der Waals surface area contributed by atoms with Crippen LogP contribution in [0.5, 0.6) is 0 Å². The lowest BCUT2D eigenvalue weighted by Crippen LogP contribution is -2.48. The molecule has 2 aliphatic rings. The Labute approximate surface area is 153 Å². The molecule has 1 aliphatic carbocycles. The fraction of sp³-hybridized carbons (Fsp3) is 0.526. The number of hydrogen-bond donors (Lipinski definition) is 0.